The van der Waals surface area contributed by atoms with Crippen LogP contribution in [0.25, 0.3) is 0 Å². The van der Waals surface area contributed by atoms with Crippen LogP contribution in [0.2, 0.25) is 0 Å². The summed E-state index contributed by atoms with van der Waals surface area (Å²) in [5.74, 6) is 0.433. The molecule has 5 heteroatoms. The van der Waals surface area contributed by atoms with E-state index >= 15 is 0 Å². The third kappa shape index (κ3) is 2.20. The number of carbonyl (C=O) groups is 1. The molecule has 18 heavy (non-hydrogen) atoms. The highest BCUT2D eigenvalue weighted by Gasteiger charge is 2.19. The zero-order valence-electron chi connectivity index (χ0n) is 11.1. The van der Waals surface area contributed by atoms with Gasteiger partial charge in [-0.25, -0.2) is 4.98 Å². The van der Waals surface area contributed by atoms with E-state index in [1.165, 1.54) is 0 Å². The summed E-state index contributed by atoms with van der Waals surface area (Å²) in [5.41, 5.74) is 1.47. The monoisotopic (exact) mass is 246 g/mol. The molecule has 0 amide bonds. The van der Waals surface area contributed by atoms with Crippen LogP contribution in [0.3, 0.4) is 0 Å². The lowest BCUT2D eigenvalue weighted by atomic mass is 10.2. The predicted molar refractivity (Wildman–Crippen MR) is 68.6 cm³/mol. The zero-order chi connectivity index (χ0) is 13.1. The summed E-state index contributed by atoms with van der Waals surface area (Å²) in [5, 5.41) is 4.29. The van der Waals surface area contributed by atoms with Gasteiger partial charge in [0.15, 0.2) is 5.82 Å². The van der Waals surface area contributed by atoms with Crippen LogP contribution in [0.4, 0.5) is 0 Å². The summed E-state index contributed by atoms with van der Waals surface area (Å²) < 4.78 is 3.62. The first kappa shape index (κ1) is 12.5. The van der Waals surface area contributed by atoms with Crippen molar-refractivity contribution in [2.45, 2.75) is 40.3 Å². The van der Waals surface area contributed by atoms with E-state index in [-0.39, 0.29) is 5.78 Å². The van der Waals surface area contributed by atoms with Gasteiger partial charge < -0.3 is 4.57 Å². The fourth-order valence-electron chi connectivity index (χ4n) is 2.02. The average Bonchev–Trinajstić information content (AvgIpc) is 2.95. The SMILES string of the molecule is CCCn1ccnc1C(=O)c1cc(C)nn1CC. The van der Waals surface area contributed by atoms with Gasteiger partial charge in [-0.05, 0) is 26.3 Å². The van der Waals surface area contributed by atoms with Crippen LogP contribution in [0, 0.1) is 6.92 Å². The quantitative estimate of drug-likeness (QED) is 0.759. The van der Waals surface area contributed by atoms with Crippen LogP contribution in [0.15, 0.2) is 18.5 Å². The number of nitrogens with zero attached hydrogens (tertiary/aromatic N) is 4. The smallest absolute Gasteiger partial charge is 0.246 e. The Kier molecular flexibility index (Phi) is 3.60. The van der Waals surface area contributed by atoms with E-state index in [9.17, 15) is 4.79 Å². The minimum atomic E-state index is -0.0594. The molecule has 96 valence electrons. The van der Waals surface area contributed by atoms with Gasteiger partial charge >= 0.3 is 0 Å². The predicted octanol–water partition coefficient (Wildman–Crippen LogP) is 2.05. The van der Waals surface area contributed by atoms with Crippen molar-refractivity contribution in [2.75, 3.05) is 0 Å². The molecule has 2 aromatic rings. The number of carbonyl (C=O) groups excluding carboxylic acids is 1. The topological polar surface area (TPSA) is 52.7 Å². The first-order chi connectivity index (χ1) is 8.67. The maximum Gasteiger partial charge on any atom is 0.246 e. The van der Waals surface area contributed by atoms with Crippen molar-refractivity contribution in [1.29, 1.82) is 0 Å². The Balaban J connectivity index is 2.38. The fraction of sp³-hybridized carbons (Fsp3) is 0.462. The highest BCUT2D eigenvalue weighted by Crippen LogP contribution is 2.11. The normalized spacial score (nSPS) is 10.8. The molecule has 0 bridgehead atoms. The average molecular weight is 246 g/mol. The lowest BCUT2D eigenvalue weighted by molar-refractivity contribution is 0.101. The van der Waals surface area contributed by atoms with E-state index in [0.717, 1.165) is 18.7 Å². The number of aryl methyl sites for hydroxylation is 3. The van der Waals surface area contributed by atoms with Gasteiger partial charge in [0, 0.05) is 25.5 Å². The van der Waals surface area contributed by atoms with Gasteiger partial charge in [-0.15, -0.1) is 0 Å². The Labute approximate surface area is 106 Å². The maximum atomic E-state index is 12.5. The highest BCUT2D eigenvalue weighted by atomic mass is 16.1. The second kappa shape index (κ2) is 5.16. The molecule has 0 N–H and O–H groups in total. The number of hydrogen-bond acceptors (Lipinski definition) is 3. The summed E-state index contributed by atoms with van der Waals surface area (Å²) in [6.45, 7) is 7.43. The third-order valence-corrected chi connectivity index (χ3v) is 2.82. The first-order valence-corrected chi connectivity index (χ1v) is 6.27. The van der Waals surface area contributed by atoms with Crippen molar-refractivity contribution in [3.8, 4) is 0 Å². The molecule has 0 spiro atoms. The summed E-state index contributed by atoms with van der Waals surface area (Å²) in [7, 11) is 0. The van der Waals surface area contributed by atoms with Crippen molar-refractivity contribution in [1.82, 2.24) is 19.3 Å². The van der Waals surface area contributed by atoms with E-state index < -0.39 is 0 Å². The van der Waals surface area contributed by atoms with Gasteiger partial charge in [-0.2, -0.15) is 5.10 Å². The Morgan fingerprint density at radius 2 is 2.17 bits per heavy atom. The van der Waals surface area contributed by atoms with Crippen molar-refractivity contribution in [3.63, 3.8) is 0 Å². The third-order valence-electron chi connectivity index (χ3n) is 2.82. The lowest BCUT2D eigenvalue weighted by Gasteiger charge is -2.06. The van der Waals surface area contributed by atoms with Crippen molar-refractivity contribution >= 4 is 5.78 Å². The summed E-state index contributed by atoms with van der Waals surface area (Å²) >= 11 is 0. The summed E-state index contributed by atoms with van der Waals surface area (Å²) in [6.07, 6.45) is 4.49. The lowest BCUT2D eigenvalue weighted by Crippen LogP contribution is -2.15. The van der Waals surface area contributed by atoms with Crippen LogP contribution in [-0.4, -0.2) is 25.1 Å². The van der Waals surface area contributed by atoms with Gasteiger partial charge in [0.2, 0.25) is 5.78 Å². The van der Waals surface area contributed by atoms with E-state index in [1.54, 1.807) is 10.9 Å². The molecule has 0 atom stereocenters. The van der Waals surface area contributed by atoms with Crippen LogP contribution in [0.5, 0.6) is 0 Å². The molecule has 0 aliphatic carbocycles. The molecule has 0 unspecified atom stereocenters. The largest absolute Gasteiger partial charge is 0.328 e. The fourth-order valence-corrected chi connectivity index (χ4v) is 2.02. The Hall–Kier alpha value is -1.91. The van der Waals surface area contributed by atoms with Crippen molar-refractivity contribution < 1.29 is 4.79 Å². The molecule has 0 aromatic carbocycles. The number of aromatic nitrogens is 4. The molecular weight excluding hydrogens is 228 g/mol. The highest BCUT2D eigenvalue weighted by molar-refractivity contribution is 6.05. The second-order valence-electron chi connectivity index (χ2n) is 4.26. The second-order valence-corrected chi connectivity index (χ2v) is 4.26. The van der Waals surface area contributed by atoms with Crippen LogP contribution in [0.1, 0.15) is 42.3 Å². The first-order valence-electron chi connectivity index (χ1n) is 6.27. The van der Waals surface area contributed by atoms with Crippen LogP contribution < -0.4 is 0 Å². The van der Waals surface area contributed by atoms with Gasteiger partial charge in [0.25, 0.3) is 0 Å². The number of ketones is 1. The van der Waals surface area contributed by atoms with Gasteiger partial charge in [-0.3, -0.25) is 9.48 Å². The molecule has 0 saturated heterocycles. The molecule has 2 rings (SSSR count). The zero-order valence-corrected chi connectivity index (χ0v) is 11.1. The minimum absolute atomic E-state index is 0.0594. The molecule has 0 radical (unpaired) electrons. The Morgan fingerprint density at radius 3 is 2.83 bits per heavy atom. The van der Waals surface area contributed by atoms with Crippen molar-refractivity contribution in [3.05, 3.63) is 35.7 Å². The molecule has 0 aliphatic rings. The minimum Gasteiger partial charge on any atom is -0.328 e. The van der Waals surface area contributed by atoms with E-state index in [2.05, 4.69) is 17.0 Å². The van der Waals surface area contributed by atoms with Crippen LogP contribution >= 0.6 is 0 Å². The molecule has 5 nitrogen and oxygen atoms in total. The standard InChI is InChI=1S/C13H18N4O/c1-4-7-16-8-6-14-13(16)12(18)11-9-10(3)15-17(11)5-2/h6,8-9H,4-5,7H2,1-3H3. The molecule has 2 heterocycles. The van der Waals surface area contributed by atoms with Gasteiger partial charge in [0.05, 0.1) is 5.69 Å². The van der Waals surface area contributed by atoms with Gasteiger partial charge in [0.1, 0.15) is 5.69 Å². The van der Waals surface area contributed by atoms with E-state index in [0.29, 0.717) is 18.1 Å². The molecule has 0 aliphatic heterocycles. The molecular formula is C13H18N4O. The summed E-state index contributed by atoms with van der Waals surface area (Å²) in [4.78, 5) is 16.6. The van der Waals surface area contributed by atoms with Gasteiger partial charge in [-0.1, -0.05) is 6.92 Å². The maximum absolute atomic E-state index is 12.5. The number of hydrogen-bond donors (Lipinski definition) is 0. The number of rotatable bonds is 5. The molecule has 2 aromatic heterocycles. The summed E-state index contributed by atoms with van der Waals surface area (Å²) in [6, 6.07) is 1.82. The van der Waals surface area contributed by atoms with E-state index in [1.807, 2.05) is 30.7 Å². The van der Waals surface area contributed by atoms with Crippen LogP contribution in [-0.2, 0) is 13.1 Å². The Bertz CT molecular complexity index is 553. The molecule has 0 fully saturated rings. The molecule has 0 saturated carbocycles. The van der Waals surface area contributed by atoms with Crippen molar-refractivity contribution in [2.24, 2.45) is 0 Å². The Morgan fingerprint density at radius 1 is 1.39 bits per heavy atom. The number of imidazole rings is 1. The van der Waals surface area contributed by atoms with E-state index in [4.69, 9.17) is 0 Å².